The fraction of sp³-hybridized carbons (Fsp3) is 0.867. The van der Waals surface area contributed by atoms with Crippen molar-refractivity contribution in [2.24, 2.45) is 0 Å². The molecular formula is C15H26N2O4. The Bertz CT molecular complexity index is 395. The summed E-state index contributed by atoms with van der Waals surface area (Å²) in [5, 5.41) is 0. The van der Waals surface area contributed by atoms with E-state index < -0.39 is 6.04 Å². The molecule has 0 aromatic carbocycles. The Hall–Kier alpha value is -1.14. The standard InChI is InChI=1S/C15H26N2O4/c1-10-11(2)17(12(3)15(19)16(10)4)14(18)9-20-8-13-6-5-7-21-13/h10-13H,5-9H2,1-4H3. The van der Waals surface area contributed by atoms with Gasteiger partial charge in [0.05, 0.1) is 12.7 Å². The molecule has 0 aromatic rings. The van der Waals surface area contributed by atoms with Crippen molar-refractivity contribution in [3.63, 3.8) is 0 Å². The quantitative estimate of drug-likeness (QED) is 0.764. The van der Waals surface area contributed by atoms with E-state index in [9.17, 15) is 9.59 Å². The molecule has 0 radical (unpaired) electrons. The minimum absolute atomic E-state index is 0.0100. The zero-order valence-electron chi connectivity index (χ0n) is 13.4. The van der Waals surface area contributed by atoms with Crippen LogP contribution in [-0.4, -0.2) is 72.7 Å². The van der Waals surface area contributed by atoms with Crippen molar-refractivity contribution in [2.45, 2.75) is 57.8 Å². The molecule has 2 rings (SSSR count). The van der Waals surface area contributed by atoms with Crippen LogP contribution in [0.1, 0.15) is 33.6 Å². The highest BCUT2D eigenvalue weighted by Gasteiger charge is 2.41. The van der Waals surface area contributed by atoms with Crippen molar-refractivity contribution < 1.29 is 19.1 Å². The molecule has 2 fully saturated rings. The van der Waals surface area contributed by atoms with E-state index in [0.717, 1.165) is 19.4 Å². The summed E-state index contributed by atoms with van der Waals surface area (Å²) in [4.78, 5) is 27.9. The van der Waals surface area contributed by atoms with Gasteiger partial charge in [-0.25, -0.2) is 0 Å². The molecule has 0 aromatic heterocycles. The van der Waals surface area contributed by atoms with Crippen LogP contribution in [0.5, 0.6) is 0 Å². The lowest BCUT2D eigenvalue weighted by molar-refractivity contribution is -0.160. The molecule has 2 heterocycles. The summed E-state index contributed by atoms with van der Waals surface area (Å²) in [6, 6.07) is -0.433. The fourth-order valence-electron chi connectivity index (χ4n) is 3.09. The SMILES string of the molecule is CC1C(C)N(C(=O)COCC2CCCO2)C(C)C(=O)N1C. The number of hydrogen-bond acceptors (Lipinski definition) is 4. The van der Waals surface area contributed by atoms with Gasteiger partial charge in [0.1, 0.15) is 12.6 Å². The van der Waals surface area contributed by atoms with Gasteiger partial charge in [-0.05, 0) is 33.6 Å². The fourth-order valence-corrected chi connectivity index (χ4v) is 3.09. The molecule has 2 aliphatic heterocycles. The molecule has 0 aliphatic carbocycles. The third kappa shape index (κ3) is 3.37. The van der Waals surface area contributed by atoms with E-state index in [1.165, 1.54) is 0 Å². The number of rotatable bonds is 4. The minimum atomic E-state index is -0.431. The van der Waals surface area contributed by atoms with Crippen LogP contribution in [-0.2, 0) is 19.1 Å². The smallest absolute Gasteiger partial charge is 0.249 e. The lowest BCUT2D eigenvalue weighted by Gasteiger charge is -2.46. The Kier molecular flexibility index (Phi) is 5.22. The molecule has 120 valence electrons. The lowest BCUT2D eigenvalue weighted by atomic mass is 10.0. The van der Waals surface area contributed by atoms with Gasteiger partial charge in [0.25, 0.3) is 0 Å². The van der Waals surface area contributed by atoms with Crippen molar-refractivity contribution in [1.82, 2.24) is 9.80 Å². The Labute approximate surface area is 126 Å². The summed E-state index contributed by atoms with van der Waals surface area (Å²) < 4.78 is 10.9. The van der Waals surface area contributed by atoms with Crippen molar-refractivity contribution in [1.29, 1.82) is 0 Å². The first-order valence-corrected chi connectivity index (χ1v) is 7.70. The lowest BCUT2D eigenvalue weighted by Crippen LogP contribution is -2.65. The first kappa shape index (κ1) is 16.2. The Morgan fingerprint density at radius 3 is 2.67 bits per heavy atom. The predicted molar refractivity (Wildman–Crippen MR) is 77.8 cm³/mol. The Morgan fingerprint density at radius 1 is 1.33 bits per heavy atom. The summed E-state index contributed by atoms with van der Waals surface area (Å²) in [7, 11) is 1.79. The van der Waals surface area contributed by atoms with Gasteiger partial charge in [-0.3, -0.25) is 9.59 Å². The highest BCUT2D eigenvalue weighted by atomic mass is 16.5. The molecule has 2 amide bonds. The van der Waals surface area contributed by atoms with E-state index in [0.29, 0.717) is 6.61 Å². The van der Waals surface area contributed by atoms with Crippen molar-refractivity contribution in [2.75, 3.05) is 26.9 Å². The number of hydrogen-bond donors (Lipinski definition) is 0. The zero-order chi connectivity index (χ0) is 15.6. The van der Waals surface area contributed by atoms with Crippen LogP contribution in [0, 0.1) is 0 Å². The highest BCUT2D eigenvalue weighted by Crippen LogP contribution is 2.21. The van der Waals surface area contributed by atoms with Crippen LogP contribution in [0.2, 0.25) is 0 Å². The topological polar surface area (TPSA) is 59.1 Å². The molecule has 2 aliphatic rings. The summed E-state index contributed by atoms with van der Waals surface area (Å²) in [5.74, 6) is -0.144. The summed E-state index contributed by atoms with van der Waals surface area (Å²) in [6.07, 6.45) is 2.16. The number of likely N-dealkylation sites (N-methyl/N-ethyl adjacent to an activating group) is 1. The third-order valence-electron chi connectivity index (χ3n) is 4.71. The predicted octanol–water partition coefficient (Wildman–Crippen LogP) is 0.648. The van der Waals surface area contributed by atoms with E-state index >= 15 is 0 Å². The summed E-state index contributed by atoms with van der Waals surface area (Å²) >= 11 is 0. The first-order chi connectivity index (χ1) is 9.93. The van der Waals surface area contributed by atoms with Gasteiger partial charge in [0, 0.05) is 25.7 Å². The van der Waals surface area contributed by atoms with E-state index in [1.807, 2.05) is 13.8 Å². The van der Waals surface area contributed by atoms with Crippen molar-refractivity contribution >= 4 is 11.8 Å². The number of nitrogens with zero attached hydrogens (tertiary/aromatic N) is 2. The van der Waals surface area contributed by atoms with Crippen molar-refractivity contribution in [3.05, 3.63) is 0 Å². The van der Waals surface area contributed by atoms with E-state index in [-0.39, 0.29) is 36.6 Å². The van der Waals surface area contributed by atoms with Gasteiger partial charge in [0.2, 0.25) is 11.8 Å². The van der Waals surface area contributed by atoms with E-state index in [2.05, 4.69) is 0 Å². The van der Waals surface area contributed by atoms with Crippen LogP contribution in [0.3, 0.4) is 0 Å². The molecule has 6 nitrogen and oxygen atoms in total. The van der Waals surface area contributed by atoms with Gasteiger partial charge in [-0.1, -0.05) is 0 Å². The second-order valence-electron chi connectivity index (χ2n) is 6.06. The van der Waals surface area contributed by atoms with Crippen LogP contribution < -0.4 is 0 Å². The number of carbonyl (C=O) groups excluding carboxylic acids is 2. The first-order valence-electron chi connectivity index (χ1n) is 7.70. The van der Waals surface area contributed by atoms with Crippen molar-refractivity contribution in [3.8, 4) is 0 Å². The van der Waals surface area contributed by atoms with Crippen LogP contribution in [0.15, 0.2) is 0 Å². The van der Waals surface area contributed by atoms with Gasteiger partial charge in [0.15, 0.2) is 0 Å². The second kappa shape index (κ2) is 6.75. The largest absolute Gasteiger partial charge is 0.376 e. The number of ether oxygens (including phenoxy) is 2. The molecule has 0 spiro atoms. The maximum atomic E-state index is 12.4. The number of piperazine rings is 1. The Balaban J connectivity index is 1.88. The number of carbonyl (C=O) groups is 2. The zero-order valence-corrected chi connectivity index (χ0v) is 13.4. The average Bonchev–Trinajstić information content (AvgIpc) is 2.96. The maximum Gasteiger partial charge on any atom is 0.249 e. The van der Waals surface area contributed by atoms with Crippen LogP contribution in [0.25, 0.3) is 0 Å². The number of amides is 2. The molecule has 6 heteroatoms. The molecule has 0 N–H and O–H groups in total. The molecule has 4 atom stereocenters. The molecule has 21 heavy (non-hydrogen) atoms. The molecule has 2 saturated heterocycles. The van der Waals surface area contributed by atoms with E-state index in [4.69, 9.17) is 9.47 Å². The van der Waals surface area contributed by atoms with Gasteiger partial charge in [-0.15, -0.1) is 0 Å². The van der Waals surface area contributed by atoms with Gasteiger partial charge in [-0.2, -0.15) is 0 Å². The highest BCUT2D eigenvalue weighted by molar-refractivity contribution is 5.89. The second-order valence-corrected chi connectivity index (χ2v) is 6.06. The minimum Gasteiger partial charge on any atom is -0.376 e. The average molecular weight is 298 g/mol. The normalized spacial score (nSPS) is 33.6. The molecule has 0 saturated carbocycles. The van der Waals surface area contributed by atoms with Gasteiger partial charge >= 0.3 is 0 Å². The summed E-state index contributed by atoms with van der Waals surface area (Å²) in [6.45, 7) is 6.95. The van der Waals surface area contributed by atoms with E-state index in [1.54, 1.807) is 23.8 Å². The molecular weight excluding hydrogens is 272 g/mol. The summed E-state index contributed by atoms with van der Waals surface area (Å²) in [5.41, 5.74) is 0. The monoisotopic (exact) mass is 298 g/mol. The molecule has 0 bridgehead atoms. The Morgan fingerprint density at radius 2 is 2.05 bits per heavy atom. The maximum absolute atomic E-state index is 12.4. The third-order valence-corrected chi connectivity index (χ3v) is 4.71. The van der Waals surface area contributed by atoms with Crippen LogP contribution >= 0.6 is 0 Å². The van der Waals surface area contributed by atoms with Crippen LogP contribution in [0.4, 0.5) is 0 Å². The van der Waals surface area contributed by atoms with Gasteiger partial charge < -0.3 is 19.3 Å². The molecule has 4 unspecified atom stereocenters.